The first kappa shape index (κ1) is 57.3. The van der Waals surface area contributed by atoms with Crippen molar-refractivity contribution in [2.45, 2.75) is 155 Å². The fourth-order valence-corrected chi connectivity index (χ4v) is 9.78. The van der Waals surface area contributed by atoms with E-state index in [0.717, 1.165) is 44.2 Å². The smallest absolute Gasteiger partial charge is 0.426 e. The molecule has 18 nitrogen and oxygen atoms in total. The molecule has 2 aromatic rings. The van der Waals surface area contributed by atoms with Gasteiger partial charge in [-0.25, -0.2) is 15.2 Å². The van der Waals surface area contributed by atoms with Gasteiger partial charge in [0.1, 0.15) is 35.2 Å². The third-order valence-electron chi connectivity index (χ3n) is 13.0. The minimum absolute atomic E-state index is 0.0266. The molecule has 388 valence electrons. The number of phenols is 1. The molecule has 6 N–H and O–H groups in total. The SMILES string of the molecule is C#CCCCC(=O)NCCOCCOC(=O)NNC(=O)[C@@H]1C[C@@H](NC(=O)c2csc([C@@H](CC(C(C)C)N(CCC)C(=O)[C@@H](NC(=O)[C@H]3CCCCN3C)[C@@H](C)CC)OCCC)n2)Cc2ccc(O)cc21. The zero-order valence-electron chi connectivity index (χ0n) is 42.3. The van der Waals surface area contributed by atoms with E-state index >= 15 is 0 Å². The van der Waals surface area contributed by atoms with E-state index in [1.165, 1.54) is 23.5 Å². The molecule has 1 aromatic carbocycles. The summed E-state index contributed by atoms with van der Waals surface area (Å²) in [5.41, 5.74) is 6.14. The fourth-order valence-electron chi connectivity index (χ4n) is 8.92. The van der Waals surface area contributed by atoms with Crippen molar-refractivity contribution in [3.63, 3.8) is 0 Å². The van der Waals surface area contributed by atoms with Crippen molar-refractivity contribution in [3.05, 3.63) is 45.4 Å². The monoisotopic (exact) mass is 995 g/mol. The number of likely N-dealkylation sites (N-methyl/N-ethyl adjacent to an activating group) is 1. The Hall–Kier alpha value is -5.29. The number of hydrogen-bond acceptors (Lipinski definition) is 13. The molecule has 0 spiro atoms. The van der Waals surface area contributed by atoms with Gasteiger partial charge in [-0.15, -0.1) is 23.7 Å². The number of fused-ring (bicyclic) bond motifs is 1. The molecule has 1 unspecified atom stereocenters. The molecule has 1 aromatic heterocycles. The summed E-state index contributed by atoms with van der Waals surface area (Å²) in [7, 11) is 1.97. The van der Waals surface area contributed by atoms with Crippen molar-refractivity contribution < 1.29 is 48.1 Å². The summed E-state index contributed by atoms with van der Waals surface area (Å²) in [4.78, 5) is 89.0. The number of carbonyl (C=O) groups is 6. The lowest BCUT2D eigenvalue weighted by atomic mass is 9.79. The third-order valence-corrected chi connectivity index (χ3v) is 13.9. The minimum atomic E-state index is -0.914. The lowest BCUT2D eigenvalue weighted by Gasteiger charge is -2.40. The van der Waals surface area contributed by atoms with Crippen molar-refractivity contribution >= 4 is 47.0 Å². The molecule has 6 amide bonds. The number of rotatable bonds is 27. The van der Waals surface area contributed by atoms with Crippen molar-refractivity contribution in [1.29, 1.82) is 0 Å². The first-order chi connectivity index (χ1) is 33.6. The van der Waals surface area contributed by atoms with E-state index in [1.54, 1.807) is 11.4 Å². The predicted molar refractivity (Wildman–Crippen MR) is 268 cm³/mol. The number of nitrogens with one attached hydrogen (secondary N) is 5. The summed E-state index contributed by atoms with van der Waals surface area (Å²) >= 11 is 1.31. The van der Waals surface area contributed by atoms with Crippen LogP contribution in [-0.2, 0) is 39.8 Å². The molecule has 4 rings (SSSR count). The van der Waals surface area contributed by atoms with Gasteiger partial charge in [-0.3, -0.25) is 34.3 Å². The van der Waals surface area contributed by atoms with Crippen LogP contribution < -0.4 is 26.8 Å². The highest BCUT2D eigenvalue weighted by atomic mass is 32.1. The number of hydrazine groups is 1. The molecule has 1 aliphatic heterocycles. The van der Waals surface area contributed by atoms with Crippen LogP contribution in [-0.4, -0.2) is 133 Å². The number of terminal acetylenes is 1. The first-order valence-electron chi connectivity index (χ1n) is 25.1. The van der Waals surface area contributed by atoms with E-state index in [9.17, 15) is 33.9 Å². The van der Waals surface area contributed by atoms with E-state index in [0.29, 0.717) is 68.8 Å². The van der Waals surface area contributed by atoms with Crippen molar-refractivity contribution in [2.75, 3.05) is 53.1 Å². The molecule has 70 heavy (non-hydrogen) atoms. The van der Waals surface area contributed by atoms with Gasteiger partial charge in [0.05, 0.1) is 25.2 Å². The number of carbonyl (C=O) groups excluding carboxylic acids is 6. The van der Waals surface area contributed by atoms with Crippen LogP contribution in [0.15, 0.2) is 23.6 Å². The largest absolute Gasteiger partial charge is 0.508 e. The fraction of sp³-hybridized carbons (Fsp3) is 0.667. The highest BCUT2D eigenvalue weighted by molar-refractivity contribution is 7.09. The number of likely N-dealkylation sites (tertiary alicyclic amines) is 1. The molecular weight excluding hydrogens is 917 g/mol. The number of amides is 6. The summed E-state index contributed by atoms with van der Waals surface area (Å²) in [5.74, 6) is 0.193. The molecular formula is C51H78N8O10S. The molecule has 1 aliphatic carbocycles. The van der Waals surface area contributed by atoms with Crippen LogP contribution in [0.4, 0.5) is 4.79 Å². The van der Waals surface area contributed by atoms with Gasteiger partial charge in [0, 0.05) is 56.4 Å². The van der Waals surface area contributed by atoms with Crippen LogP contribution in [0.3, 0.4) is 0 Å². The normalized spacial score (nSPS) is 18.5. The van der Waals surface area contributed by atoms with Gasteiger partial charge in [-0.05, 0) is 93.6 Å². The van der Waals surface area contributed by atoms with Gasteiger partial charge in [0.15, 0.2) is 0 Å². The summed E-state index contributed by atoms with van der Waals surface area (Å²) in [6.07, 6.45) is 11.2. The van der Waals surface area contributed by atoms with Crippen LogP contribution in [0.25, 0.3) is 0 Å². The zero-order valence-corrected chi connectivity index (χ0v) is 43.1. The van der Waals surface area contributed by atoms with Gasteiger partial charge in [0.25, 0.3) is 5.91 Å². The Balaban J connectivity index is 1.40. The number of unbranched alkanes of at least 4 members (excludes halogenated alkanes) is 1. The van der Waals surface area contributed by atoms with Gasteiger partial charge in [-0.1, -0.05) is 60.5 Å². The second-order valence-corrected chi connectivity index (χ2v) is 19.6. The maximum Gasteiger partial charge on any atom is 0.426 e. The highest BCUT2D eigenvalue weighted by Crippen LogP contribution is 2.35. The second kappa shape index (κ2) is 29.8. The molecule has 0 radical (unpaired) electrons. The Labute approximate surface area is 418 Å². The number of aromatic nitrogens is 1. The van der Waals surface area contributed by atoms with Crippen LogP contribution in [0, 0.1) is 24.2 Å². The quantitative estimate of drug-likeness (QED) is 0.0370. The number of thiazole rings is 1. The van der Waals surface area contributed by atoms with Crippen molar-refractivity contribution in [2.24, 2.45) is 11.8 Å². The van der Waals surface area contributed by atoms with Crippen LogP contribution in [0.5, 0.6) is 5.75 Å². The van der Waals surface area contributed by atoms with Crippen LogP contribution >= 0.6 is 11.3 Å². The van der Waals surface area contributed by atoms with E-state index < -0.39 is 42.0 Å². The molecule has 1 fully saturated rings. The maximum atomic E-state index is 14.7. The molecule has 19 heteroatoms. The van der Waals surface area contributed by atoms with Gasteiger partial charge in [-0.2, -0.15) is 0 Å². The van der Waals surface area contributed by atoms with Crippen molar-refractivity contribution in [3.8, 4) is 18.1 Å². The lowest BCUT2D eigenvalue weighted by Crippen LogP contribution is -2.58. The van der Waals surface area contributed by atoms with Crippen LogP contribution in [0.2, 0.25) is 0 Å². The van der Waals surface area contributed by atoms with Crippen LogP contribution in [0.1, 0.15) is 151 Å². The minimum Gasteiger partial charge on any atom is -0.508 e. The number of benzene rings is 1. The Morgan fingerprint density at radius 1 is 1.01 bits per heavy atom. The Morgan fingerprint density at radius 3 is 2.50 bits per heavy atom. The number of phenolic OH excluding ortho intramolecular Hbond substituents is 1. The Kier molecular flexibility index (Phi) is 24.4. The van der Waals surface area contributed by atoms with Gasteiger partial charge in [0.2, 0.25) is 23.6 Å². The number of piperidine rings is 1. The zero-order chi connectivity index (χ0) is 51.2. The first-order valence-corrected chi connectivity index (χ1v) is 26.0. The molecule has 2 heterocycles. The second-order valence-electron chi connectivity index (χ2n) is 18.7. The number of nitrogens with zero attached hydrogens (tertiary/aromatic N) is 3. The number of ether oxygens (including phenoxy) is 3. The highest BCUT2D eigenvalue weighted by Gasteiger charge is 2.39. The topological polar surface area (TPSA) is 230 Å². The number of aromatic hydroxyl groups is 1. The lowest BCUT2D eigenvalue weighted by molar-refractivity contribution is -0.143. The molecule has 7 atom stereocenters. The third kappa shape index (κ3) is 17.5. The Bertz CT molecular complexity index is 2060. The Morgan fingerprint density at radius 2 is 1.80 bits per heavy atom. The summed E-state index contributed by atoms with van der Waals surface area (Å²) in [5, 5.41) is 21.6. The van der Waals surface area contributed by atoms with Gasteiger partial charge < -0.3 is 40.2 Å². The average Bonchev–Trinajstić information content (AvgIpc) is 3.84. The molecule has 1 saturated heterocycles. The maximum absolute atomic E-state index is 14.7. The van der Waals surface area contributed by atoms with Gasteiger partial charge >= 0.3 is 6.09 Å². The van der Waals surface area contributed by atoms with E-state index in [1.807, 2.05) is 39.6 Å². The van der Waals surface area contributed by atoms with E-state index in [4.69, 9.17) is 25.6 Å². The average molecular weight is 995 g/mol. The van der Waals surface area contributed by atoms with E-state index in [-0.39, 0.29) is 79.3 Å². The number of hydrogen-bond donors (Lipinski definition) is 6. The van der Waals surface area contributed by atoms with Crippen molar-refractivity contribution in [1.82, 2.24) is 41.6 Å². The standard InChI is InChI=1S/C51H78N8O10S/c1-9-13-14-18-44(61)52-21-25-67-26-27-69-51(66)57-56-46(62)39-29-36(28-35-19-20-37(60)30-38(35)39)53-47(63)40-32-70-49(54-40)43(68-24-11-3)31-42(33(5)6)59(22-10-2)50(65)45(34(7)12-4)55-48(64)41-17-15-16-23-58(41)8/h1,19-20,30,32-34,36,39,41-43,45,60H,10-18,21-29,31H2,2-8H3,(H,52,61)(H,53,63)(H,55,64)(H,56,62)(H,57,66)/t34-,36-,39+,41+,42?,43+,45-/m0/s1. The summed E-state index contributed by atoms with van der Waals surface area (Å²) < 4.78 is 17.0. The molecule has 0 bridgehead atoms. The van der Waals surface area contributed by atoms with E-state index in [2.05, 4.69) is 51.5 Å². The molecule has 0 saturated carbocycles. The molecule has 2 aliphatic rings. The summed E-state index contributed by atoms with van der Waals surface area (Å²) in [6.45, 7) is 14.5. The predicted octanol–water partition coefficient (Wildman–Crippen LogP) is 5.51. The summed E-state index contributed by atoms with van der Waals surface area (Å²) in [6, 6.07) is 3.00.